The summed E-state index contributed by atoms with van der Waals surface area (Å²) in [6, 6.07) is 0. The molecule has 1 aromatic heterocycles. The zero-order chi connectivity index (χ0) is 11.9. The summed E-state index contributed by atoms with van der Waals surface area (Å²) < 4.78 is 0. The van der Waals surface area contributed by atoms with Gasteiger partial charge in [0, 0.05) is 11.9 Å². The van der Waals surface area contributed by atoms with Crippen molar-refractivity contribution < 1.29 is 0 Å². The highest BCUT2D eigenvalue weighted by Crippen LogP contribution is 2.15. The zero-order valence-corrected chi connectivity index (χ0v) is 11.5. The van der Waals surface area contributed by atoms with E-state index in [1.807, 2.05) is 0 Å². The van der Waals surface area contributed by atoms with E-state index in [-0.39, 0.29) is 0 Å². The molecule has 2 heterocycles. The molecule has 0 bridgehead atoms. The molecule has 0 aliphatic carbocycles. The summed E-state index contributed by atoms with van der Waals surface area (Å²) in [4.78, 5) is 4.44. The van der Waals surface area contributed by atoms with Crippen molar-refractivity contribution in [2.24, 2.45) is 5.92 Å². The molecule has 0 amide bonds. The van der Waals surface area contributed by atoms with E-state index in [1.54, 1.807) is 11.3 Å². The molecule has 1 atom stereocenters. The second-order valence-electron chi connectivity index (χ2n) is 4.89. The number of nitrogens with one attached hydrogen (secondary N) is 2. The van der Waals surface area contributed by atoms with Crippen LogP contribution in [-0.2, 0) is 6.54 Å². The van der Waals surface area contributed by atoms with Crippen molar-refractivity contribution in [3.8, 4) is 0 Å². The lowest BCUT2D eigenvalue weighted by atomic mass is 9.95. The van der Waals surface area contributed by atoms with Gasteiger partial charge in [-0.05, 0) is 58.2 Å². The molecule has 3 nitrogen and oxygen atoms in total. The molecular weight excluding hydrogens is 230 g/mol. The summed E-state index contributed by atoms with van der Waals surface area (Å²) in [5.74, 6) is 0.909. The Morgan fingerprint density at radius 1 is 1.59 bits per heavy atom. The zero-order valence-electron chi connectivity index (χ0n) is 10.7. The molecule has 4 heteroatoms. The number of aromatic nitrogens is 1. The molecule has 1 unspecified atom stereocenters. The van der Waals surface area contributed by atoms with Gasteiger partial charge in [-0.3, -0.25) is 0 Å². The second kappa shape index (κ2) is 7.09. The fraction of sp³-hybridized carbons (Fsp3) is 0.769. The van der Waals surface area contributed by atoms with E-state index in [0.717, 1.165) is 24.0 Å². The average molecular weight is 253 g/mol. The van der Waals surface area contributed by atoms with E-state index in [0.29, 0.717) is 0 Å². The van der Waals surface area contributed by atoms with Gasteiger partial charge >= 0.3 is 0 Å². The molecule has 0 aromatic carbocycles. The van der Waals surface area contributed by atoms with Crippen LogP contribution < -0.4 is 10.6 Å². The minimum absolute atomic E-state index is 0.909. The van der Waals surface area contributed by atoms with Gasteiger partial charge in [0.05, 0.1) is 10.7 Å². The Morgan fingerprint density at radius 3 is 3.24 bits per heavy atom. The first-order valence-electron chi connectivity index (χ1n) is 6.67. The smallest absolute Gasteiger partial charge is 0.0897 e. The number of rotatable bonds is 6. The van der Waals surface area contributed by atoms with E-state index >= 15 is 0 Å². The third-order valence-corrected chi connectivity index (χ3v) is 4.16. The molecule has 0 saturated carbocycles. The van der Waals surface area contributed by atoms with Crippen LogP contribution in [0.2, 0.25) is 0 Å². The van der Waals surface area contributed by atoms with Crippen LogP contribution in [0.5, 0.6) is 0 Å². The van der Waals surface area contributed by atoms with Crippen LogP contribution in [0, 0.1) is 12.8 Å². The van der Waals surface area contributed by atoms with Gasteiger partial charge in [-0.2, -0.15) is 0 Å². The second-order valence-corrected chi connectivity index (χ2v) is 5.95. The van der Waals surface area contributed by atoms with Gasteiger partial charge in [0.1, 0.15) is 0 Å². The Bertz CT molecular complexity index is 318. The molecule has 17 heavy (non-hydrogen) atoms. The first kappa shape index (κ1) is 13.0. The highest BCUT2D eigenvalue weighted by Gasteiger charge is 2.11. The molecule has 1 aliphatic heterocycles. The lowest BCUT2D eigenvalue weighted by Crippen LogP contribution is -2.30. The Kier molecular flexibility index (Phi) is 5.42. The minimum Gasteiger partial charge on any atom is -0.316 e. The van der Waals surface area contributed by atoms with Gasteiger partial charge in [0.25, 0.3) is 0 Å². The summed E-state index contributed by atoms with van der Waals surface area (Å²) >= 11 is 1.73. The lowest BCUT2D eigenvalue weighted by molar-refractivity contribution is 0.348. The SMILES string of the molecule is Cc1nc(CNCCCC2CCCNC2)cs1. The predicted molar refractivity (Wildman–Crippen MR) is 73.4 cm³/mol. The van der Waals surface area contributed by atoms with Crippen LogP contribution in [0.4, 0.5) is 0 Å². The van der Waals surface area contributed by atoms with Crippen molar-refractivity contribution in [3.05, 3.63) is 16.1 Å². The van der Waals surface area contributed by atoms with Gasteiger partial charge in [0.15, 0.2) is 0 Å². The molecular formula is C13H23N3S. The van der Waals surface area contributed by atoms with Gasteiger partial charge in [-0.25, -0.2) is 4.98 Å². The number of piperidine rings is 1. The van der Waals surface area contributed by atoms with Gasteiger partial charge in [-0.15, -0.1) is 11.3 Å². The molecule has 1 fully saturated rings. The van der Waals surface area contributed by atoms with Crippen LogP contribution in [0.1, 0.15) is 36.4 Å². The normalized spacial score (nSPS) is 20.6. The fourth-order valence-corrected chi connectivity index (χ4v) is 3.00. The predicted octanol–water partition coefficient (Wildman–Crippen LogP) is 2.32. The maximum atomic E-state index is 4.44. The Morgan fingerprint density at radius 2 is 2.53 bits per heavy atom. The highest BCUT2D eigenvalue weighted by molar-refractivity contribution is 7.09. The van der Waals surface area contributed by atoms with Crippen molar-refractivity contribution >= 4 is 11.3 Å². The van der Waals surface area contributed by atoms with Gasteiger partial charge in [-0.1, -0.05) is 0 Å². The molecule has 1 saturated heterocycles. The lowest BCUT2D eigenvalue weighted by Gasteiger charge is -2.22. The van der Waals surface area contributed by atoms with E-state index in [2.05, 4.69) is 27.9 Å². The van der Waals surface area contributed by atoms with E-state index in [4.69, 9.17) is 0 Å². The Balaban J connectivity index is 1.51. The Hall–Kier alpha value is -0.450. The molecule has 1 aliphatic rings. The van der Waals surface area contributed by atoms with Crippen LogP contribution in [-0.4, -0.2) is 24.6 Å². The maximum absolute atomic E-state index is 4.44. The van der Waals surface area contributed by atoms with Crippen molar-refractivity contribution in [1.82, 2.24) is 15.6 Å². The third-order valence-electron chi connectivity index (χ3n) is 3.34. The van der Waals surface area contributed by atoms with Crippen LogP contribution in [0.25, 0.3) is 0 Å². The molecule has 96 valence electrons. The Labute approximate surface area is 108 Å². The number of nitrogens with zero attached hydrogens (tertiary/aromatic N) is 1. The quantitative estimate of drug-likeness (QED) is 0.764. The summed E-state index contributed by atoms with van der Waals surface area (Å²) in [5.41, 5.74) is 1.19. The molecule has 2 N–H and O–H groups in total. The van der Waals surface area contributed by atoms with Crippen LogP contribution in [0.15, 0.2) is 5.38 Å². The highest BCUT2D eigenvalue weighted by atomic mass is 32.1. The summed E-state index contributed by atoms with van der Waals surface area (Å²) in [5, 5.41) is 10.3. The summed E-state index contributed by atoms with van der Waals surface area (Å²) in [6.07, 6.45) is 5.42. The largest absolute Gasteiger partial charge is 0.316 e. The molecule has 1 aromatic rings. The van der Waals surface area contributed by atoms with E-state index < -0.39 is 0 Å². The molecule has 0 radical (unpaired) electrons. The number of aryl methyl sites for hydroxylation is 1. The monoisotopic (exact) mass is 253 g/mol. The summed E-state index contributed by atoms with van der Waals surface area (Å²) in [7, 11) is 0. The third kappa shape index (κ3) is 4.74. The van der Waals surface area contributed by atoms with Crippen molar-refractivity contribution in [2.45, 2.75) is 39.2 Å². The molecule has 2 rings (SSSR count). The van der Waals surface area contributed by atoms with Crippen molar-refractivity contribution in [1.29, 1.82) is 0 Å². The minimum atomic E-state index is 0.909. The van der Waals surface area contributed by atoms with Gasteiger partial charge < -0.3 is 10.6 Å². The van der Waals surface area contributed by atoms with Crippen molar-refractivity contribution in [3.63, 3.8) is 0 Å². The maximum Gasteiger partial charge on any atom is 0.0897 e. The topological polar surface area (TPSA) is 37.0 Å². The number of hydrogen-bond acceptors (Lipinski definition) is 4. The molecule has 0 spiro atoms. The van der Waals surface area contributed by atoms with Crippen LogP contribution >= 0.6 is 11.3 Å². The number of hydrogen-bond donors (Lipinski definition) is 2. The summed E-state index contributed by atoms with van der Waals surface area (Å²) in [6.45, 7) is 6.55. The van der Waals surface area contributed by atoms with Crippen molar-refractivity contribution in [2.75, 3.05) is 19.6 Å². The average Bonchev–Trinajstić information content (AvgIpc) is 2.76. The standard InChI is InChI=1S/C13H23N3S/c1-11-16-13(10-17-11)9-15-7-3-5-12-4-2-6-14-8-12/h10,12,14-15H,2-9H2,1H3. The first-order valence-corrected chi connectivity index (χ1v) is 7.55. The first-order chi connectivity index (χ1) is 8.34. The number of thiazole rings is 1. The van der Waals surface area contributed by atoms with E-state index in [9.17, 15) is 0 Å². The van der Waals surface area contributed by atoms with E-state index in [1.165, 1.54) is 44.5 Å². The van der Waals surface area contributed by atoms with Gasteiger partial charge in [0.2, 0.25) is 0 Å². The van der Waals surface area contributed by atoms with Crippen LogP contribution in [0.3, 0.4) is 0 Å². The fourth-order valence-electron chi connectivity index (χ4n) is 2.39.